The molecule has 3 heterocycles. The smallest absolute Gasteiger partial charge is 0.233 e. The van der Waals surface area contributed by atoms with Crippen LogP contribution in [0.15, 0.2) is 24.0 Å². The van der Waals surface area contributed by atoms with Gasteiger partial charge < -0.3 is 4.74 Å². The molecule has 0 spiro atoms. The molecule has 1 aliphatic heterocycles. The van der Waals surface area contributed by atoms with Crippen LogP contribution in [0.25, 0.3) is 0 Å². The molecule has 0 amide bonds. The molecular weight excluding hydrogens is 296 g/mol. The molecule has 0 saturated carbocycles. The Labute approximate surface area is 126 Å². The largest absolute Gasteiger partial charge is 0.476 e. The number of nitrogens with zero attached hydrogens (tertiary/aromatic N) is 4. The SMILES string of the molecule is CC(c1nccs1)N1CC(COc2cncc(Cl)n2)C1. The summed E-state index contributed by atoms with van der Waals surface area (Å²) < 4.78 is 5.61. The van der Waals surface area contributed by atoms with E-state index in [9.17, 15) is 0 Å². The normalized spacial score (nSPS) is 17.7. The molecule has 7 heteroatoms. The second-order valence-electron chi connectivity index (χ2n) is 4.86. The maximum atomic E-state index is 5.76. The van der Waals surface area contributed by atoms with Crippen LogP contribution in [-0.2, 0) is 0 Å². The maximum Gasteiger partial charge on any atom is 0.233 e. The zero-order chi connectivity index (χ0) is 13.9. The van der Waals surface area contributed by atoms with E-state index in [1.54, 1.807) is 17.5 Å². The standard InChI is InChI=1S/C13H15ClN4OS/c1-9(13-16-2-3-20-13)18-6-10(7-18)8-19-12-5-15-4-11(14)17-12/h2-5,9-10H,6-8H2,1H3. The summed E-state index contributed by atoms with van der Waals surface area (Å²) in [6.07, 6.45) is 4.93. The lowest BCUT2D eigenvalue weighted by atomic mass is 9.99. The van der Waals surface area contributed by atoms with Crippen molar-refractivity contribution in [2.75, 3.05) is 19.7 Å². The van der Waals surface area contributed by atoms with E-state index in [0.29, 0.717) is 29.6 Å². The Morgan fingerprint density at radius 2 is 2.35 bits per heavy atom. The summed E-state index contributed by atoms with van der Waals surface area (Å²) >= 11 is 7.47. The van der Waals surface area contributed by atoms with Crippen molar-refractivity contribution in [1.29, 1.82) is 0 Å². The molecule has 1 saturated heterocycles. The van der Waals surface area contributed by atoms with Crippen molar-refractivity contribution in [3.8, 4) is 5.88 Å². The van der Waals surface area contributed by atoms with E-state index in [4.69, 9.17) is 16.3 Å². The van der Waals surface area contributed by atoms with Gasteiger partial charge in [-0.05, 0) is 6.92 Å². The third-order valence-electron chi connectivity index (χ3n) is 3.39. The first-order valence-electron chi connectivity index (χ1n) is 6.46. The Morgan fingerprint density at radius 3 is 3.05 bits per heavy atom. The molecule has 0 radical (unpaired) electrons. The van der Waals surface area contributed by atoms with E-state index in [1.807, 2.05) is 11.6 Å². The fourth-order valence-electron chi connectivity index (χ4n) is 2.23. The van der Waals surface area contributed by atoms with E-state index in [-0.39, 0.29) is 0 Å². The molecule has 2 aromatic heterocycles. The highest BCUT2D eigenvalue weighted by atomic mass is 35.5. The fraction of sp³-hybridized carbons (Fsp3) is 0.462. The van der Waals surface area contributed by atoms with Gasteiger partial charge in [-0.25, -0.2) is 4.98 Å². The zero-order valence-electron chi connectivity index (χ0n) is 11.1. The number of ether oxygens (including phenoxy) is 1. The van der Waals surface area contributed by atoms with Crippen molar-refractivity contribution in [1.82, 2.24) is 19.9 Å². The van der Waals surface area contributed by atoms with Crippen LogP contribution in [0.2, 0.25) is 5.15 Å². The van der Waals surface area contributed by atoms with Crippen LogP contribution in [0.4, 0.5) is 0 Å². The maximum absolute atomic E-state index is 5.76. The van der Waals surface area contributed by atoms with Gasteiger partial charge in [0.1, 0.15) is 5.01 Å². The molecule has 106 valence electrons. The number of likely N-dealkylation sites (tertiary alicyclic amines) is 1. The van der Waals surface area contributed by atoms with E-state index in [0.717, 1.165) is 13.1 Å². The van der Waals surface area contributed by atoms with Gasteiger partial charge in [0.05, 0.1) is 25.0 Å². The monoisotopic (exact) mass is 310 g/mol. The summed E-state index contributed by atoms with van der Waals surface area (Å²) in [6.45, 7) is 4.89. The quantitative estimate of drug-likeness (QED) is 0.850. The van der Waals surface area contributed by atoms with Crippen LogP contribution in [0.1, 0.15) is 18.0 Å². The van der Waals surface area contributed by atoms with Gasteiger partial charge in [0.15, 0.2) is 5.15 Å². The summed E-state index contributed by atoms with van der Waals surface area (Å²) in [7, 11) is 0. The third-order valence-corrected chi connectivity index (χ3v) is 4.52. The van der Waals surface area contributed by atoms with Gasteiger partial charge in [0.25, 0.3) is 0 Å². The Hall–Kier alpha value is -1.24. The number of hydrogen-bond acceptors (Lipinski definition) is 6. The predicted molar refractivity (Wildman–Crippen MR) is 78.1 cm³/mol. The first-order chi connectivity index (χ1) is 9.72. The van der Waals surface area contributed by atoms with E-state index < -0.39 is 0 Å². The summed E-state index contributed by atoms with van der Waals surface area (Å²) in [5.41, 5.74) is 0. The molecule has 2 aromatic rings. The second kappa shape index (κ2) is 6.03. The molecule has 0 aliphatic carbocycles. The minimum absolute atomic E-state index is 0.357. The second-order valence-corrected chi connectivity index (χ2v) is 6.17. The van der Waals surface area contributed by atoms with Gasteiger partial charge in [-0.15, -0.1) is 11.3 Å². The number of hydrogen-bond donors (Lipinski definition) is 0. The minimum Gasteiger partial charge on any atom is -0.476 e. The lowest BCUT2D eigenvalue weighted by Gasteiger charge is -2.42. The van der Waals surface area contributed by atoms with Gasteiger partial charge in [-0.2, -0.15) is 4.98 Å². The summed E-state index contributed by atoms with van der Waals surface area (Å²) in [5.74, 6) is 1.02. The van der Waals surface area contributed by atoms with Crippen LogP contribution < -0.4 is 4.74 Å². The minimum atomic E-state index is 0.357. The lowest BCUT2D eigenvalue weighted by Crippen LogP contribution is -2.50. The summed E-state index contributed by atoms with van der Waals surface area (Å²) in [6, 6.07) is 0.386. The number of thiazole rings is 1. The lowest BCUT2D eigenvalue weighted by molar-refractivity contribution is 0.0298. The van der Waals surface area contributed by atoms with Crippen molar-refractivity contribution < 1.29 is 4.74 Å². The molecule has 5 nitrogen and oxygen atoms in total. The first kappa shape index (κ1) is 13.7. The van der Waals surface area contributed by atoms with Crippen molar-refractivity contribution >= 4 is 22.9 Å². The average molecular weight is 311 g/mol. The van der Waals surface area contributed by atoms with Crippen molar-refractivity contribution in [2.24, 2.45) is 5.92 Å². The molecular formula is C13H15ClN4OS. The topological polar surface area (TPSA) is 51.1 Å². The summed E-state index contributed by atoms with van der Waals surface area (Å²) in [4.78, 5) is 14.8. The van der Waals surface area contributed by atoms with Gasteiger partial charge in [0.2, 0.25) is 5.88 Å². The highest BCUT2D eigenvalue weighted by Crippen LogP contribution is 2.29. The number of aromatic nitrogens is 3. The van der Waals surface area contributed by atoms with Crippen LogP contribution in [0.3, 0.4) is 0 Å². The van der Waals surface area contributed by atoms with E-state index in [2.05, 4.69) is 26.8 Å². The molecule has 1 unspecified atom stereocenters. The molecule has 20 heavy (non-hydrogen) atoms. The van der Waals surface area contributed by atoms with Crippen molar-refractivity contribution in [3.05, 3.63) is 34.1 Å². The van der Waals surface area contributed by atoms with Gasteiger partial charge >= 0.3 is 0 Å². The first-order valence-corrected chi connectivity index (χ1v) is 7.72. The van der Waals surface area contributed by atoms with Crippen LogP contribution in [-0.4, -0.2) is 39.5 Å². The Bertz CT molecular complexity index is 559. The van der Waals surface area contributed by atoms with Crippen molar-refractivity contribution in [3.63, 3.8) is 0 Å². The van der Waals surface area contributed by atoms with E-state index >= 15 is 0 Å². The van der Waals surface area contributed by atoms with Crippen molar-refractivity contribution in [2.45, 2.75) is 13.0 Å². The molecule has 0 bridgehead atoms. The van der Waals surface area contributed by atoms with Gasteiger partial charge in [-0.3, -0.25) is 9.88 Å². The molecule has 1 fully saturated rings. The van der Waals surface area contributed by atoms with Crippen LogP contribution in [0.5, 0.6) is 5.88 Å². The number of halogens is 1. The Morgan fingerprint density at radius 1 is 1.50 bits per heavy atom. The highest BCUT2D eigenvalue weighted by Gasteiger charge is 2.32. The Kier molecular flexibility index (Phi) is 4.14. The van der Waals surface area contributed by atoms with Crippen LogP contribution in [0, 0.1) is 5.92 Å². The molecule has 3 rings (SSSR count). The third kappa shape index (κ3) is 3.08. The predicted octanol–water partition coefficient (Wildman–Crippen LogP) is 2.66. The molecule has 1 aliphatic rings. The Balaban J connectivity index is 1.44. The average Bonchev–Trinajstić information content (AvgIpc) is 2.90. The van der Waals surface area contributed by atoms with Crippen LogP contribution >= 0.6 is 22.9 Å². The molecule has 0 N–H and O–H groups in total. The highest BCUT2D eigenvalue weighted by molar-refractivity contribution is 7.09. The number of rotatable bonds is 5. The zero-order valence-corrected chi connectivity index (χ0v) is 12.6. The molecule has 1 atom stereocenters. The molecule has 0 aromatic carbocycles. The summed E-state index contributed by atoms with van der Waals surface area (Å²) in [5, 5.41) is 3.55. The fourth-order valence-corrected chi connectivity index (χ4v) is 3.10. The van der Waals surface area contributed by atoms with E-state index in [1.165, 1.54) is 11.2 Å². The van der Waals surface area contributed by atoms with Gasteiger partial charge in [0, 0.05) is 30.6 Å². The van der Waals surface area contributed by atoms with Gasteiger partial charge in [-0.1, -0.05) is 11.6 Å².